The lowest BCUT2D eigenvalue weighted by atomic mass is 10.1. The average molecular weight is 209 g/mol. The number of carbonyl (C=O) groups excluding carboxylic acids is 1. The van der Waals surface area contributed by atoms with E-state index in [1.807, 2.05) is 6.07 Å². The second-order valence-electron chi connectivity index (χ2n) is 3.93. The molecule has 0 radical (unpaired) electrons. The van der Waals surface area contributed by atoms with Crippen LogP contribution in [0.25, 0.3) is 0 Å². The highest BCUT2D eigenvalue weighted by Gasteiger charge is 2.17. The van der Waals surface area contributed by atoms with Gasteiger partial charge in [0.05, 0.1) is 12.6 Å². The Morgan fingerprint density at radius 2 is 2.20 bits per heavy atom. The fourth-order valence-electron chi connectivity index (χ4n) is 1.84. The number of furan rings is 1. The van der Waals surface area contributed by atoms with Crippen LogP contribution in [0.4, 0.5) is 0 Å². The third-order valence-corrected chi connectivity index (χ3v) is 2.74. The lowest BCUT2D eigenvalue weighted by Crippen LogP contribution is -2.35. The molecule has 2 rings (SSSR count). The van der Waals surface area contributed by atoms with Crippen LogP contribution in [0.5, 0.6) is 0 Å². The predicted molar refractivity (Wildman–Crippen MR) is 54.6 cm³/mol. The number of nitrogens with zero attached hydrogens (tertiary/aromatic N) is 1. The molecule has 0 bridgehead atoms. The first kappa shape index (κ1) is 10.4. The van der Waals surface area contributed by atoms with Gasteiger partial charge < -0.3 is 9.52 Å². The Labute approximate surface area is 88.5 Å². The van der Waals surface area contributed by atoms with Crippen molar-refractivity contribution in [2.75, 3.05) is 13.1 Å². The van der Waals surface area contributed by atoms with Crippen molar-refractivity contribution in [3.8, 4) is 0 Å². The molecule has 1 saturated heterocycles. The second-order valence-corrected chi connectivity index (χ2v) is 3.93. The van der Waals surface area contributed by atoms with Gasteiger partial charge >= 0.3 is 0 Å². The van der Waals surface area contributed by atoms with Crippen LogP contribution in [-0.2, 0) is 6.54 Å². The zero-order valence-electron chi connectivity index (χ0n) is 8.56. The van der Waals surface area contributed by atoms with Crippen molar-refractivity contribution < 1.29 is 14.3 Å². The third-order valence-electron chi connectivity index (χ3n) is 2.74. The number of aliphatic hydroxyl groups is 1. The van der Waals surface area contributed by atoms with Gasteiger partial charge in [0.2, 0.25) is 0 Å². The molecule has 82 valence electrons. The maximum absolute atomic E-state index is 10.4. The van der Waals surface area contributed by atoms with Crippen LogP contribution in [0, 0.1) is 0 Å². The molecule has 1 N–H and O–H groups in total. The van der Waals surface area contributed by atoms with Crippen molar-refractivity contribution in [2.45, 2.75) is 25.5 Å². The number of aliphatic hydroxyl groups excluding tert-OH is 1. The van der Waals surface area contributed by atoms with Gasteiger partial charge in [-0.15, -0.1) is 0 Å². The van der Waals surface area contributed by atoms with E-state index in [-0.39, 0.29) is 6.10 Å². The molecule has 2 heterocycles. The molecule has 0 saturated carbocycles. The first-order chi connectivity index (χ1) is 7.28. The van der Waals surface area contributed by atoms with Crippen LogP contribution < -0.4 is 0 Å². The normalized spacial score (nSPS) is 19.3. The topological polar surface area (TPSA) is 53.7 Å². The minimum Gasteiger partial charge on any atom is -0.457 e. The number of hydrogen-bond donors (Lipinski definition) is 1. The molecule has 4 heteroatoms. The van der Waals surface area contributed by atoms with E-state index in [4.69, 9.17) is 4.42 Å². The number of carbonyl (C=O) groups is 1. The second kappa shape index (κ2) is 4.59. The minimum absolute atomic E-state index is 0.150. The van der Waals surface area contributed by atoms with Gasteiger partial charge in [0.15, 0.2) is 12.0 Å². The van der Waals surface area contributed by atoms with Gasteiger partial charge in [-0.05, 0) is 25.0 Å². The van der Waals surface area contributed by atoms with Gasteiger partial charge in [0.1, 0.15) is 5.76 Å². The maximum atomic E-state index is 10.4. The molecule has 1 aromatic rings. The van der Waals surface area contributed by atoms with E-state index in [1.165, 1.54) is 0 Å². The summed E-state index contributed by atoms with van der Waals surface area (Å²) in [5.74, 6) is 1.19. The highest BCUT2D eigenvalue weighted by Crippen LogP contribution is 2.14. The Morgan fingerprint density at radius 1 is 1.47 bits per heavy atom. The van der Waals surface area contributed by atoms with E-state index in [1.54, 1.807) is 6.07 Å². The molecule has 0 aliphatic carbocycles. The molecule has 0 spiro atoms. The molecule has 0 atom stereocenters. The first-order valence-corrected chi connectivity index (χ1v) is 5.22. The first-order valence-electron chi connectivity index (χ1n) is 5.22. The Bertz CT molecular complexity index is 326. The van der Waals surface area contributed by atoms with E-state index in [0.717, 1.165) is 38.2 Å². The van der Waals surface area contributed by atoms with Gasteiger partial charge in [-0.1, -0.05) is 0 Å². The van der Waals surface area contributed by atoms with Crippen LogP contribution in [0.15, 0.2) is 16.5 Å². The molecule has 4 nitrogen and oxygen atoms in total. The van der Waals surface area contributed by atoms with Crippen molar-refractivity contribution in [2.24, 2.45) is 0 Å². The predicted octanol–water partition coefficient (Wildman–Crippen LogP) is 1.05. The van der Waals surface area contributed by atoms with Crippen molar-refractivity contribution >= 4 is 6.29 Å². The van der Waals surface area contributed by atoms with Crippen molar-refractivity contribution in [1.29, 1.82) is 0 Å². The van der Waals surface area contributed by atoms with Crippen LogP contribution in [0.3, 0.4) is 0 Å². The summed E-state index contributed by atoms with van der Waals surface area (Å²) in [7, 11) is 0. The summed E-state index contributed by atoms with van der Waals surface area (Å²) in [5.41, 5.74) is 0. The molecular weight excluding hydrogens is 194 g/mol. The quantitative estimate of drug-likeness (QED) is 0.756. The number of likely N-dealkylation sites (tertiary alicyclic amines) is 1. The number of aldehydes is 1. The van der Waals surface area contributed by atoms with E-state index in [2.05, 4.69) is 4.90 Å². The highest BCUT2D eigenvalue weighted by molar-refractivity contribution is 5.70. The van der Waals surface area contributed by atoms with Gasteiger partial charge in [0, 0.05) is 13.1 Å². The Kier molecular flexibility index (Phi) is 3.18. The summed E-state index contributed by atoms with van der Waals surface area (Å²) < 4.78 is 5.29. The molecule has 0 aromatic carbocycles. The Hall–Kier alpha value is -1.13. The Balaban J connectivity index is 1.88. The van der Waals surface area contributed by atoms with E-state index >= 15 is 0 Å². The highest BCUT2D eigenvalue weighted by atomic mass is 16.3. The number of rotatable bonds is 3. The van der Waals surface area contributed by atoms with E-state index in [0.29, 0.717) is 12.0 Å². The van der Waals surface area contributed by atoms with Crippen LogP contribution in [0.1, 0.15) is 29.2 Å². The maximum Gasteiger partial charge on any atom is 0.185 e. The average Bonchev–Trinajstić information content (AvgIpc) is 2.69. The van der Waals surface area contributed by atoms with Gasteiger partial charge in [-0.3, -0.25) is 9.69 Å². The van der Waals surface area contributed by atoms with Crippen LogP contribution in [0.2, 0.25) is 0 Å². The summed E-state index contributed by atoms with van der Waals surface area (Å²) in [6.07, 6.45) is 2.20. The fraction of sp³-hybridized carbons (Fsp3) is 0.545. The lowest BCUT2D eigenvalue weighted by Gasteiger charge is -2.28. The number of piperidine rings is 1. The smallest absolute Gasteiger partial charge is 0.185 e. The van der Waals surface area contributed by atoms with Gasteiger partial charge in [0.25, 0.3) is 0 Å². The zero-order valence-corrected chi connectivity index (χ0v) is 8.56. The zero-order chi connectivity index (χ0) is 10.7. The molecule has 0 unspecified atom stereocenters. The van der Waals surface area contributed by atoms with Gasteiger partial charge in [-0.25, -0.2) is 0 Å². The Morgan fingerprint density at radius 3 is 2.80 bits per heavy atom. The summed E-state index contributed by atoms with van der Waals surface area (Å²) in [6, 6.07) is 3.51. The SMILES string of the molecule is O=Cc1ccc(CN2CCC(O)CC2)o1. The third kappa shape index (κ3) is 2.67. The van der Waals surface area contributed by atoms with E-state index < -0.39 is 0 Å². The van der Waals surface area contributed by atoms with Crippen molar-refractivity contribution in [1.82, 2.24) is 4.90 Å². The number of hydrogen-bond acceptors (Lipinski definition) is 4. The van der Waals surface area contributed by atoms with Crippen molar-refractivity contribution in [3.63, 3.8) is 0 Å². The molecule has 1 aliphatic rings. The van der Waals surface area contributed by atoms with Crippen LogP contribution in [-0.4, -0.2) is 35.5 Å². The fourth-order valence-corrected chi connectivity index (χ4v) is 1.84. The molecule has 15 heavy (non-hydrogen) atoms. The summed E-state index contributed by atoms with van der Waals surface area (Å²) >= 11 is 0. The van der Waals surface area contributed by atoms with Crippen molar-refractivity contribution in [3.05, 3.63) is 23.7 Å². The van der Waals surface area contributed by atoms with Gasteiger partial charge in [-0.2, -0.15) is 0 Å². The molecule has 1 aliphatic heterocycles. The molecule has 1 aromatic heterocycles. The minimum atomic E-state index is -0.150. The summed E-state index contributed by atoms with van der Waals surface area (Å²) in [6.45, 7) is 2.50. The van der Waals surface area contributed by atoms with Crippen LogP contribution >= 0.6 is 0 Å². The lowest BCUT2D eigenvalue weighted by molar-refractivity contribution is 0.0757. The molecule has 0 amide bonds. The summed E-state index contributed by atoms with van der Waals surface area (Å²) in [4.78, 5) is 12.6. The van der Waals surface area contributed by atoms with E-state index in [9.17, 15) is 9.90 Å². The molecule has 1 fully saturated rings. The summed E-state index contributed by atoms with van der Waals surface area (Å²) in [5, 5.41) is 9.34. The largest absolute Gasteiger partial charge is 0.457 e. The molecular formula is C11H15NO3. The monoisotopic (exact) mass is 209 g/mol. The standard InChI is InChI=1S/C11H15NO3/c13-8-11-2-1-10(15-11)7-12-5-3-9(14)4-6-12/h1-2,8-9,14H,3-7H2.